The maximum atomic E-state index is 12.5. The van der Waals surface area contributed by atoms with Crippen molar-refractivity contribution < 1.29 is 14.4 Å². The summed E-state index contributed by atoms with van der Waals surface area (Å²) in [6.45, 7) is 1.88. The fraction of sp³-hybridized carbons (Fsp3) is 0.211. The van der Waals surface area contributed by atoms with Crippen molar-refractivity contribution in [3.05, 3.63) is 71.5 Å². The monoisotopic (exact) mass is 337 g/mol. The Morgan fingerprint density at radius 2 is 1.88 bits per heavy atom. The molecule has 2 N–H and O–H groups in total. The number of aromatic nitrogens is 2. The van der Waals surface area contributed by atoms with Crippen LogP contribution < -0.4 is 5.32 Å². The third kappa shape index (κ3) is 4.30. The first-order valence-corrected chi connectivity index (χ1v) is 8.03. The van der Waals surface area contributed by atoms with Gasteiger partial charge in [-0.2, -0.15) is 4.98 Å². The first kappa shape index (κ1) is 16.9. The summed E-state index contributed by atoms with van der Waals surface area (Å²) in [5, 5.41) is 16.6. The summed E-state index contributed by atoms with van der Waals surface area (Å²) >= 11 is 0. The fourth-order valence-electron chi connectivity index (χ4n) is 2.54. The number of aryl methyl sites for hydroxylation is 1. The van der Waals surface area contributed by atoms with Gasteiger partial charge in [0.1, 0.15) is 0 Å². The van der Waals surface area contributed by atoms with Crippen LogP contribution in [0.3, 0.4) is 0 Å². The van der Waals surface area contributed by atoms with Crippen molar-refractivity contribution in [3.8, 4) is 11.5 Å². The molecule has 0 bridgehead atoms. The Bertz CT molecular complexity index is 846. The van der Waals surface area contributed by atoms with Crippen LogP contribution in [0.2, 0.25) is 0 Å². The number of carbonyl (C=O) groups is 1. The maximum Gasteiger partial charge on any atom is 0.258 e. The van der Waals surface area contributed by atoms with E-state index in [-0.39, 0.29) is 12.5 Å². The molecule has 128 valence electrons. The number of nitrogens with zero attached hydrogens (tertiary/aromatic N) is 2. The van der Waals surface area contributed by atoms with Gasteiger partial charge in [-0.3, -0.25) is 4.79 Å². The van der Waals surface area contributed by atoms with Gasteiger partial charge in [-0.15, -0.1) is 0 Å². The highest BCUT2D eigenvalue weighted by Gasteiger charge is 2.17. The van der Waals surface area contributed by atoms with E-state index < -0.39 is 6.10 Å². The number of aliphatic hydroxyl groups is 1. The number of rotatable bonds is 6. The van der Waals surface area contributed by atoms with E-state index in [0.717, 1.165) is 5.56 Å². The van der Waals surface area contributed by atoms with E-state index in [2.05, 4.69) is 15.5 Å². The second kappa shape index (κ2) is 7.72. The zero-order valence-electron chi connectivity index (χ0n) is 13.8. The van der Waals surface area contributed by atoms with Gasteiger partial charge in [0.05, 0.1) is 17.2 Å². The molecule has 1 unspecified atom stereocenters. The van der Waals surface area contributed by atoms with Crippen molar-refractivity contribution >= 4 is 5.91 Å². The molecule has 0 aliphatic carbocycles. The molecule has 1 amide bonds. The van der Waals surface area contributed by atoms with Crippen LogP contribution in [-0.2, 0) is 6.42 Å². The zero-order valence-corrected chi connectivity index (χ0v) is 13.8. The fourth-order valence-corrected chi connectivity index (χ4v) is 2.54. The predicted octanol–water partition coefficient (Wildman–Crippen LogP) is 2.38. The van der Waals surface area contributed by atoms with Gasteiger partial charge in [0.15, 0.2) is 5.82 Å². The first-order chi connectivity index (χ1) is 12.1. The van der Waals surface area contributed by atoms with E-state index in [1.165, 1.54) is 0 Å². The summed E-state index contributed by atoms with van der Waals surface area (Å²) < 4.78 is 5.16. The number of amides is 1. The Morgan fingerprint density at radius 1 is 1.16 bits per heavy atom. The Labute approximate surface area is 145 Å². The lowest BCUT2D eigenvalue weighted by molar-refractivity contribution is 0.0916. The van der Waals surface area contributed by atoms with Crippen molar-refractivity contribution in [3.63, 3.8) is 0 Å². The third-order valence-electron chi connectivity index (χ3n) is 3.74. The summed E-state index contributed by atoms with van der Waals surface area (Å²) in [4.78, 5) is 16.7. The van der Waals surface area contributed by atoms with Gasteiger partial charge >= 0.3 is 0 Å². The molecule has 1 aromatic heterocycles. The third-order valence-corrected chi connectivity index (χ3v) is 3.74. The van der Waals surface area contributed by atoms with Crippen LogP contribution in [0.15, 0.2) is 59.1 Å². The summed E-state index contributed by atoms with van der Waals surface area (Å²) in [7, 11) is 0. The van der Waals surface area contributed by atoms with Gasteiger partial charge in [0.2, 0.25) is 0 Å². The SMILES string of the molecule is Cc1noc(-c2ccccc2C(=O)NCC(O)Cc2ccccc2)n1. The van der Waals surface area contributed by atoms with Crippen LogP contribution in [0.1, 0.15) is 21.7 Å². The molecule has 2 aromatic carbocycles. The Balaban J connectivity index is 1.66. The minimum atomic E-state index is -0.663. The quantitative estimate of drug-likeness (QED) is 0.721. The molecule has 0 saturated carbocycles. The van der Waals surface area contributed by atoms with Crippen molar-refractivity contribution in [1.29, 1.82) is 0 Å². The molecule has 6 heteroatoms. The number of carbonyl (C=O) groups excluding carboxylic acids is 1. The van der Waals surface area contributed by atoms with Crippen molar-refractivity contribution in [2.24, 2.45) is 0 Å². The highest BCUT2D eigenvalue weighted by molar-refractivity contribution is 5.99. The van der Waals surface area contributed by atoms with E-state index in [9.17, 15) is 9.90 Å². The largest absolute Gasteiger partial charge is 0.391 e. The summed E-state index contributed by atoms with van der Waals surface area (Å²) in [6.07, 6.45) is -0.185. The highest BCUT2D eigenvalue weighted by Crippen LogP contribution is 2.21. The van der Waals surface area contributed by atoms with Crippen LogP contribution in [0.25, 0.3) is 11.5 Å². The van der Waals surface area contributed by atoms with Gasteiger partial charge in [-0.05, 0) is 24.6 Å². The Morgan fingerprint density at radius 3 is 2.60 bits per heavy atom. The van der Waals surface area contributed by atoms with Crippen molar-refractivity contribution in [2.45, 2.75) is 19.4 Å². The molecule has 3 rings (SSSR count). The smallest absolute Gasteiger partial charge is 0.258 e. The van der Waals surface area contributed by atoms with E-state index in [4.69, 9.17) is 4.52 Å². The van der Waals surface area contributed by atoms with Crippen LogP contribution >= 0.6 is 0 Å². The second-order valence-corrected chi connectivity index (χ2v) is 5.75. The average molecular weight is 337 g/mol. The lowest BCUT2D eigenvalue weighted by Gasteiger charge is -2.13. The molecule has 0 saturated heterocycles. The zero-order chi connectivity index (χ0) is 17.6. The Hall–Kier alpha value is -2.99. The lowest BCUT2D eigenvalue weighted by Crippen LogP contribution is -2.33. The molecule has 25 heavy (non-hydrogen) atoms. The number of hydrogen-bond acceptors (Lipinski definition) is 5. The van der Waals surface area contributed by atoms with Crippen LogP contribution in [0, 0.1) is 6.92 Å². The standard InChI is InChI=1S/C19H19N3O3/c1-13-21-19(25-22-13)17-10-6-5-9-16(17)18(24)20-12-15(23)11-14-7-3-2-4-8-14/h2-10,15,23H,11-12H2,1H3,(H,20,24). The van der Waals surface area contributed by atoms with Gasteiger partial charge in [0.25, 0.3) is 11.8 Å². The number of benzene rings is 2. The molecule has 6 nitrogen and oxygen atoms in total. The molecule has 1 heterocycles. The van der Waals surface area contributed by atoms with E-state index in [1.54, 1.807) is 31.2 Å². The lowest BCUT2D eigenvalue weighted by atomic mass is 10.1. The Kier molecular flexibility index (Phi) is 5.20. The normalized spacial score (nSPS) is 11.9. The number of hydrogen-bond donors (Lipinski definition) is 2. The molecule has 0 aliphatic heterocycles. The minimum Gasteiger partial charge on any atom is -0.391 e. The van der Waals surface area contributed by atoms with Crippen LogP contribution in [-0.4, -0.2) is 33.8 Å². The molecular formula is C19H19N3O3. The van der Waals surface area contributed by atoms with Gasteiger partial charge < -0.3 is 14.9 Å². The van der Waals surface area contributed by atoms with Gasteiger partial charge in [-0.25, -0.2) is 0 Å². The van der Waals surface area contributed by atoms with E-state index in [0.29, 0.717) is 29.3 Å². The van der Waals surface area contributed by atoms with Gasteiger partial charge in [-0.1, -0.05) is 47.6 Å². The minimum absolute atomic E-state index is 0.158. The molecular weight excluding hydrogens is 318 g/mol. The molecule has 1 atom stereocenters. The van der Waals surface area contributed by atoms with Crippen molar-refractivity contribution in [2.75, 3.05) is 6.54 Å². The number of nitrogens with one attached hydrogen (secondary N) is 1. The topological polar surface area (TPSA) is 88.2 Å². The van der Waals surface area contributed by atoms with Crippen LogP contribution in [0.5, 0.6) is 0 Å². The number of aliphatic hydroxyl groups excluding tert-OH is 1. The average Bonchev–Trinajstić information content (AvgIpc) is 3.07. The summed E-state index contributed by atoms with van der Waals surface area (Å²) in [6, 6.07) is 16.7. The van der Waals surface area contributed by atoms with E-state index >= 15 is 0 Å². The highest BCUT2D eigenvalue weighted by atomic mass is 16.5. The summed E-state index contributed by atoms with van der Waals surface area (Å²) in [5.74, 6) is 0.509. The predicted molar refractivity (Wildman–Crippen MR) is 93.0 cm³/mol. The van der Waals surface area contributed by atoms with Crippen molar-refractivity contribution in [1.82, 2.24) is 15.5 Å². The molecule has 0 fully saturated rings. The summed E-state index contributed by atoms with van der Waals surface area (Å²) in [5.41, 5.74) is 2.02. The molecule has 0 spiro atoms. The van der Waals surface area contributed by atoms with Crippen LogP contribution in [0.4, 0.5) is 0 Å². The maximum absolute atomic E-state index is 12.5. The second-order valence-electron chi connectivity index (χ2n) is 5.75. The molecule has 0 aliphatic rings. The first-order valence-electron chi connectivity index (χ1n) is 8.03. The molecule has 3 aromatic rings. The van der Waals surface area contributed by atoms with Gasteiger partial charge in [0, 0.05) is 13.0 Å². The molecule has 0 radical (unpaired) electrons. The van der Waals surface area contributed by atoms with E-state index in [1.807, 2.05) is 30.3 Å².